The van der Waals surface area contributed by atoms with Crippen molar-refractivity contribution in [1.29, 1.82) is 0 Å². The third-order valence-electron chi connectivity index (χ3n) is 4.81. The standard InChI is InChI=1S/C22H30N4O6S/c1-17(2)15-25(33(30,31)21-8-6-5-7-20(21)26(28)29)14-13-23-22(27)24(3)16-18-9-11-19(32-4)12-10-18/h5-12,17H,13-16H2,1-4H3,(H,23,27). The Morgan fingerprint density at radius 2 is 1.79 bits per heavy atom. The Bertz CT molecular complexity index is 1060. The number of methoxy groups -OCH3 is 1. The molecular formula is C22H30N4O6S. The molecule has 2 aromatic carbocycles. The maximum Gasteiger partial charge on any atom is 0.317 e. The molecule has 0 aliphatic heterocycles. The van der Waals surface area contributed by atoms with Crippen LogP contribution in [0.3, 0.4) is 0 Å². The maximum absolute atomic E-state index is 13.2. The molecule has 11 heteroatoms. The van der Waals surface area contributed by atoms with E-state index >= 15 is 0 Å². The normalized spacial score (nSPS) is 11.5. The number of benzene rings is 2. The van der Waals surface area contributed by atoms with Crippen LogP contribution in [0.15, 0.2) is 53.4 Å². The molecule has 0 heterocycles. The lowest BCUT2D eigenvalue weighted by Gasteiger charge is -2.25. The van der Waals surface area contributed by atoms with Gasteiger partial charge in [-0.25, -0.2) is 13.2 Å². The Hall–Kier alpha value is -3.18. The molecule has 2 aromatic rings. The first-order chi connectivity index (χ1) is 15.6. The van der Waals surface area contributed by atoms with Crippen LogP contribution in [0.4, 0.5) is 10.5 Å². The number of hydrogen-bond donors (Lipinski definition) is 1. The number of carbonyl (C=O) groups is 1. The number of carbonyl (C=O) groups excluding carboxylic acids is 1. The van der Waals surface area contributed by atoms with Gasteiger partial charge in [-0.05, 0) is 29.7 Å². The van der Waals surface area contributed by atoms with Crippen LogP contribution in [0.2, 0.25) is 0 Å². The highest BCUT2D eigenvalue weighted by atomic mass is 32.2. The Morgan fingerprint density at radius 3 is 2.36 bits per heavy atom. The van der Waals surface area contributed by atoms with Crippen molar-refractivity contribution in [2.75, 3.05) is 33.8 Å². The quantitative estimate of drug-likeness (QED) is 0.391. The zero-order valence-corrected chi connectivity index (χ0v) is 20.0. The van der Waals surface area contributed by atoms with E-state index in [1.807, 2.05) is 26.0 Å². The third-order valence-corrected chi connectivity index (χ3v) is 6.72. The van der Waals surface area contributed by atoms with Crippen LogP contribution >= 0.6 is 0 Å². The predicted octanol–water partition coefficient (Wildman–Crippen LogP) is 3.09. The number of ether oxygens (including phenoxy) is 1. The fourth-order valence-corrected chi connectivity index (χ4v) is 4.94. The minimum atomic E-state index is -4.13. The largest absolute Gasteiger partial charge is 0.497 e. The van der Waals surface area contributed by atoms with Crippen LogP contribution in [0.1, 0.15) is 19.4 Å². The Labute approximate surface area is 194 Å². The summed E-state index contributed by atoms with van der Waals surface area (Å²) in [5, 5.41) is 14.0. The summed E-state index contributed by atoms with van der Waals surface area (Å²) < 4.78 is 32.7. The Morgan fingerprint density at radius 1 is 1.15 bits per heavy atom. The molecule has 0 aliphatic rings. The van der Waals surface area contributed by atoms with Crippen LogP contribution in [0.25, 0.3) is 0 Å². The van der Waals surface area contributed by atoms with E-state index in [2.05, 4.69) is 5.32 Å². The summed E-state index contributed by atoms with van der Waals surface area (Å²) in [5.41, 5.74) is 0.434. The van der Waals surface area contributed by atoms with E-state index in [0.29, 0.717) is 6.54 Å². The van der Waals surface area contributed by atoms with Gasteiger partial charge in [0.1, 0.15) is 5.75 Å². The average molecular weight is 479 g/mol. The van der Waals surface area contributed by atoms with Gasteiger partial charge in [0.25, 0.3) is 5.69 Å². The molecule has 0 bridgehead atoms. The summed E-state index contributed by atoms with van der Waals surface area (Å²) in [6, 6.07) is 12.2. The lowest BCUT2D eigenvalue weighted by atomic mass is 10.2. The topological polar surface area (TPSA) is 122 Å². The molecule has 0 saturated carbocycles. The highest BCUT2D eigenvalue weighted by Crippen LogP contribution is 2.26. The van der Waals surface area contributed by atoms with Gasteiger partial charge in [0.2, 0.25) is 10.0 Å². The predicted molar refractivity (Wildman–Crippen MR) is 125 cm³/mol. The first-order valence-corrected chi connectivity index (χ1v) is 11.9. The van der Waals surface area contributed by atoms with Crippen molar-refractivity contribution in [3.05, 3.63) is 64.2 Å². The lowest BCUT2D eigenvalue weighted by molar-refractivity contribution is -0.387. The summed E-state index contributed by atoms with van der Waals surface area (Å²) in [6.45, 7) is 4.26. The summed E-state index contributed by atoms with van der Waals surface area (Å²) in [6.07, 6.45) is 0. The number of urea groups is 1. The van der Waals surface area contributed by atoms with Gasteiger partial charge < -0.3 is 15.0 Å². The molecule has 2 rings (SSSR count). The van der Waals surface area contributed by atoms with Crippen LogP contribution in [0, 0.1) is 16.0 Å². The van der Waals surface area contributed by atoms with E-state index in [1.165, 1.54) is 27.4 Å². The number of nitrogens with zero attached hydrogens (tertiary/aromatic N) is 3. The van der Waals surface area contributed by atoms with Crippen molar-refractivity contribution in [3.63, 3.8) is 0 Å². The first-order valence-electron chi connectivity index (χ1n) is 10.4. The van der Waals surface area contributed by atoms with Crippen LogP contribution in [0.5, 0.6) is 5.75 Å². The second-order valence-electron chi connectivity index (χ2n) is 7.92. The second-order valence-corrected chi connectivity index (χ2v) is 9.82. The zero-order chi connectivity index (χ0) is 24.6. The molecule has 33 heavy (non-hydrogen) atoms. The maximum atomic E-state index is 13.2. The van der Waals surface area contributed by atoms with Gasteiger partial charge in [-0.15, -0.1) is 0 Å². The van der Waals surface area contributed by atoms with Crippen LogP contribution < -0.4 is 10.1 Å². The van der Waals surface area contributed by atoms with E-state index in [4.69, 9.17) is 4.74 Å². The number of hydrogen-bond acceptors (Lipinski definition) is 6. The highest BCUT2D eigenvalue weighted by Gasteiger charge is 2.31. The number of nitro benzene ring substituents is 1. The van der Waals surface area contributed by atoms with Crippen molar-refractivity contribution >= 4 is 21.7 Å². The SMILES string of the molecule is COc1ccc(CN(C)C(=O)NCCN(CC(C)C)S(=O)(=O)c2ccccc2[N+](=O)[O-])cc1. The molecule has 0 aromatic heterocycles. The van der Waals surface area contributed by atoms with Crippen molar-refractivity contribution in [2.45, 2.75) is 25.3 Å². The molecule has 2 amide bonds. The molecule has 0 atom stereocenters. The number of nitrogens with one attached hydrogen (secondary N) is 1. The fraction of sp³-hybridized carbons (Fsp3) is 0.409. The number of nitro groups is 1. The van der Waals surface area contributed by atoms with Crippen LogP contribution in [-0.4, -0.2) is 62.4 Å². The van der Waals surface area contributed by atoms with Crippen molar-refractivity contribution in [3.8, 4) is 5.75 Å². The van der Waals surface area contributed by atoms with E-state index in [1.54, 1.807) is 26.3 Å². The molecule has 1 N–H and O–H groups in total. The molecule has 0 unspecified atom stereocenters. The average Bonchev–Trinajstić information content (AvgIpc) is 2.78. The van der Waals surface area contributed by atoms with Gasteiger partial charge >= 0.3 is 6.03 Å². The summed E-state index contributed by atoms with van der Waals surface area (Å²) in [4.78, 5) is 24.2. The Kier molecular flexibility index (Phi) is 9.18. The van der Waals surface area contributed by atoms with Gasteiger partial charge in [0.15, 0.2) is 4.90 Å². The van der Waals surface area contributed by atoms with E-state index < -0.39 is 20.6 Å². The molecule has 0 saturated heterocycles. The minimum Gasteiger partial charge on any atom is -0.497 e. The molecule has 0 aliphatic carbocycles. The van der Waals surface area contributed by atoms with Crippen molar-refractivity contribution in [2.24, 2.45) is 5.92 Å². The van der Waals surface area contributed by atoms with Gasteiger partial charge in [-0.3, -0.25) is 10.1 Å². The lowest BCUT2D eigenvalue weighted by Crippen LogP contribution is -2.43. The first kappa shape index (κ1) is 26.1. The van der Waals surface area contributed by atoms with Gasteiger partial charge in [0, 0.05) is 39.3 Å². The molecular weight excluding hydrogens is 448 g/mol. The minimum absolute atomic E-state index is 0.0176. The molecule has 0 radical (unpaired) electrons. The van der Waals surface area contributed by atoms with Crippen molar-refractivity contribution in [1.82, 2.24) is 14.5 Å². The van der Waals surface area contributed by atoms with E-state index in [0.717, 1.165) is 17.4 Å². The monoisotopic (exact) mass is 478 g/mol. The number of rotatable bonds is 11. The number of para-hydroxylation sites is 1. The van der Waals surface area contributed by atoms with Gasteiger partial charge in [-0.1, -0.05) is 38.1 Å². The summed E-state index contributed by atoms with van der Waals surface area (Å²) in [5.74, 6) is 0.701. The smallest absolute Gasteiger partial charge is 0.317 e. The highest BCUT2D eigenvalue weighted by molar-refractivity contribution is 7.89. The summed E-state index contributed by atoms with van der Waals surface area (Å²) >= 11 is 0. The van der Waals surface area contributed by atoms with E-state index in [9.17, 15) is 23.3 Å². The second kappa shape index (κ2) is 11.6. The van der Waals surface area contributed by atoms with Gasteiger partial charge in [-0.2, -0.15) is 4.31 Å². The number of amides is 2. The van der Waals surface area contributed by atoms with Gasteiger partial charge in [0.05, 0.1) is 12.0 Å². The summed E-state index contributed by atoms with van der Waals surface area (Å²) in [7, 11) is -0.919. The third kappa shape index (κ3) is 7.16. The molecule has 10 nitrogen and oxygen atoms in total. The number of sulfonamides is 1. The zero-order valence-electron chi connectivity index (χ0n) is 19.2. The molecule has 0 spiro atoms. The van der Waals surface area contributed by atoms with E-state index in [-0.39, 0.29) is 36.5 Å². The molecule has 0 fully saturated rings. The Balaban J connectivity index is 2.05. The van der Waals surface area contributed by atoms with Crippen molar-refractivity contribution < 1.29 is 22.9 Å². The molecule has 180 valence electrons. The van der Waals surface area contributed by atoms with Crippen LogP contribution in [-0.2, 0) is 16.6 Å². The fourth-order valence-electron chi connectivity index (χ4n) is 3.18.